The van der Waals surface area contributed by atoms with Crippen LogP contribution in [0, 0.1) is 11.3 Å². The van der Waals surface area contributed by atoms with Gasteiger partial charge in [-0.05, 0) is 49.6 Å². The van der Waals surface area contributed by atoms with Gasteiger partial charge in [0.05, 0.1) is 23.1 Å². The highest BCUT2D eigenvalue weighted by molar-refractivity contribution is 5.95. The molecule has 1 aliphatic carbocycles. The Bertz CT molecular complexity index is 1160. The zero-order chi connectivity index (χ0) is 22.2. The van der Waals surface area contributed by atoms with Gasteiger partial charge >= 0.3 is 6.18 Å². The SMILES string of the molecule is CC(NC(=O)c1cc(C(F)(F)F)cc(C2(C#N)CC2)c1)c1ncnn1-c1ncccn1. The first-order valence-corrected chi connectivity index (χ1v) is 9.36. The molecule has 1 unspecified atom stereocenters. The molecule has 8 nitrogen and oxygen atoms in total. The number of nitriles is 1. The molecule has 1 saturated carbocycles. The summed E-state index contributed by atoms with van der Waals surface area (Å²) in [5.41, 5.74) is -1.92. The third-order valence-corrected chi connectivity index (χ3v) is 5.09. The Kier molecular flexibility index (Phi) is 4.93. The smallest absolute Gasteiger partial charge is 0.342 e. The number of hydrogen-bond donors (Lipinski definition) is 1. The number of carbonyl (C=O) groups excluding carboxylic acids is 1. The molecule has 1 amide bonds. The summed E-state index contributed by atoms with van der Waals surface area (Å²) in [6, 6.07) is 6.06. The maximum absolute atomic E-state index is 13.4. The lowest BCUT2D eigenvalue weighted by Gasteiger charge is -2.17. The van der Waals surface area contributed by atoms with Crippen LogP contribution >= 0.6 is 0 Å². The van der Waals surface area contributed by atoms with Gasteiger partial charge in [-0.25, -0.2) is 15.0 Å². The van der Waals surface area contributed by atoms with Gasteiger partial charge in [-0.2, -0.15) is 28.2 Å². The highest BCUT2D eigenvalue weighted by atomic mass is 19.4. The quantitative estimate of drug-likeness (QED) is 0.670. The van der Waals surface area contributed by atoms with E-state index in [1.165, 1.54) is 29.5 Å². The van der Waals surface area contributed by atoms with E-state index in [9.17, 15) is 23.2 Å². The minimum absolute atomic E-state index is 0.180. The molecule has 1 aromatic carbocycles. The first kappa shape index (κ1) is 20.5. The van der Waals surface area contributed by atoms with Crippen LogP contribution in [0.1, 0.15) is 53.1 Å². The van der Waals surface area contributed by atoms with Crippen LogP contribution in [0.4, 0.5) is 13.2 Å². The van der Waals surface area contributed by atoms with E-state index in [2.05, 4.69) is 31.4 Å². The van der Waals surface area contributed by atoms with E-state index in [1.54, 1.807) is 13.0 Å². The monoisotopic (exact) mass is 427 g/mol. The van der Waals surface area contributed by atoms with Crippen molar-refractivity contribution in [3.05, 3.63) is 65.5 Å². The van der Waals surface area contributed by atoms with Gasteiger partial charge in [-0.15, -0.1) is 0 Å². The minimum atomic E-state index is -4.65. The average molecular weight is 427 g/mol. The van der Waals surface area contributed by atoms with Crippen molar-refractivity contribution < 1.29 is 18.0 Å². The van der Waals surface area contributed by atoms with Gasteiger partial charge in [-0.3, -0.25) is 4.79 Å². The average Bonchev–Trinajstić information content (AvgIpc) is 3.41. The van der Waals surface area contributed by atoms with Crippen LogP contribution in [0.25, 0.3) is 5.95 Å². The number of nitrogens with one attached hydrogen (secondary N) is 1. The van der Waals surface area contributed by atoms with E-state index in [1.807, 2.05) is 0 Å². The van der Waals surface area contributed by atoms with Crippen molar-refractivity contribution >= 4 is 5.91 Å². The molecule has 1 atom stereocenters. The van der Waals surface area contributed by atoms with Gasteiger partial charge in [0.1, 0.15) is 6.33 Å². The molecule has 0 radical (unpaired) electrons. The summed E-state index contributed by atoms with van der Waals surface area (Å²) in [5, 5.41) is 16.1. The van der Waals surface area contributed by atoms with E-state index < -0.39 is 29.1 Å². The Morgan fingerprint density at radius 1 is 1.23 bits per heavy atom. The van der Waals surface area contributed by atoms with Crippen molar-refractivity contribution in [2.75, 3.05) is 0 Å². The largest absolute Gasteiger partial charge is 0.416 e. The van der Waals surface area contributed by atoms with Crippen LogP contribution in [0.3, 0.4) is 0 Å². The number of benzene rings is 1. The Morgan fingerprint density at radius 2 is 1.94 bits per heavy atom. The molecule has 11 heteroatoms. The Labute approximate surface area is 174 Å². The zero-order valence-electron chi connectivity index (χ0n) is 16.3. The van der Waals surface area contributed by atoms with E-state index in [0.29, 0.717) is 18.7 Å². The van der Waals surface area contributed by atoms with Gasteiger partial charge in [0.15, 0.2) is 5.82 Å². The number of amides is 1. The molecule has 0 aliphatic heterocycles. The number of alkyl halides is 3. The number of halogens is 3. The molecule has 1 N–H and O–H groups in total. The standard InChI is InChI=1S/C20H16F3N7O/c1-12(16-27-11-28-30(16)18-25-5-2-6-26-18)29-17(31)13-7-14(19(10-24)3-4-19)9-15(8-13)20(21,22)23/h2,5-9,11-12H,3-4H2,1H3,(H,29,31). The van der Waals surface area contributed by atoms with Crippen molar-refractivity contribution in [3.63, 3.8) is 0 Å². The van der Waals surface area contributed by atoms with Gasteiger partial charge in [-0.1, -0.05) is 0 Å². The van der Waals surface area contributed by atoms with E-state index >= 15 is 0 Å². The molecule has 3 aromatic rings. The molecule has 4 rings (SSSR count). The molecule has 158 valence electrons. The number of rotatable bonds is 5. The lowest BCUT2D eigenvalue weighted by Crippen LogP contribution is -2.29. The Balaban J connectivity index is 1.63. The Morgan fingerprint density at radius 3 is 2.55 bits per heavy atom. The molecule has 0 bridgehead atoms. The Hall–Kier alpha value is -3.81. The fourth-order valence-electron chi connectivity index (χ4n) is 3.23. The van der Waals surface area contributed by atoms with Crippen LogP contribution in [0.2, 0.25) is 0 Å². The minimum Gasteiger partial charge on any atom is -0.342 e. The fourth-order valence-corrected chi connectivity index (χ4v) is 3.23. The second kappa shape index (κ2) is 7.46. The number of carbonyl (C=O) groups is 1. The second-order valence-corrected chi connectivity index (χ2v) is 7.26. The van der Waals surface area contributed by atoms with Crippen molar-refractivity contribution in [1.29, 1.82) is 5.26 Å². The third kappa shape index (κ3) is 3.96. The summed E-state index contributed by atoms with van der Waals surface area (Å²) in [4.78, 5) is 25.1. The third-order valence-electron chi connectivity index (χ3n) is 5.09. The normalized spacial score (nSPS) is 15.7. The van der Waals surface area contributed by atoms with E-state index in [4.69, 9.17) is 0 Å². The molecular formula is C20H16F3N7O. The lowest BCUT2D eigenvalue weighted by atomic mass is 9.93. The predicted molar refractivity (Wildman–Crippen MR) is 101 cm³/mol. The van der Waals surface area contributed by atoms with Crippen LogP contribution in [0.5, 0.6) is 0 Å². The highest BCUT2D eigenvalue weighted by Crippen LogP contribution is 2.48. The molecule has 0 spiro atoms. The number of nitrogens with zero attached hydrogens (tertiary/aromatic N) is 6. The maximum Gasteiger partial charge on any atom is 0.416 e. The van der Waals surface area contributed by atoms with Gasteiger partial charge in [0, 0.05) is 18.0 Å². The highest BCUT2D eigenvalue weighted by Gasteiger charge is 2.46. The summed E-state index contributed by atoms with van der Waals surface area (Å²) in [5.74, 6) is -0.179. The summed E-state index contributed by atoms with van der Waals surface area (Å²) >= 11 is 0. The summed E-state index contributed by atoms with van der Waals surface area (Å²) in [6.45, 7) is 1.62. The molecule has 0 saturated heterocycles. The first-order chi connectivity index (χ1) is 14.7. The van der Waals surface area contributed by atoms with Gasteiger partial charge in [0.2, 0.25) is 0 Å². The van der Waals surface area contributed by atoms with Crippen LogP contribution in [-0.4, -0.2) is 30.6 Å². The van der Waals surface area contributed by atoms with E-state index in [-0.39, 0.29) is 17.1 Å². The van der Waals surface area contributed by atoms with Crippen molar-refractivity contribution in [3.8, 4) is 12.0 Å². The molecule has 2 aromatic heterocycles. The van der Waals surface area contributed by atoms with Gasteiger partial charge in [0.25, 0.3) is 11.9 Å². The van der Waals surface area contributed by atoms with Gasteiger partial charge < -0.3 is 5.32 Å². The number of aromatic nitrogens is 5. The molecule has 1 aliphatic rings. The summed E-state index contributed by atoms with van der Waals surface area (Å²) in [6.07, 6.45) is 0.576. The summed E-state index contributed by atoms with van der Waals surface area (Å²) < 4.78 is 41.5. The molecular weight excluding hydrogens is 411 g/mol. The van der Waals surface area contributed by atoms with Crippen molar-refractivity contribution in [1.82, 2.24) is 30.0 Å². The van der Waals surface area contributed by atoms with Crippen LogP contribution in [0.15, 0.2) is 43.0 Å². The molecule has 2 heterocycles. The zero-order valence-corrected chi connectivity index (χ0v) is 16.3. The van der Waals surface area contributed by atoms with E-state index in [0.717, 1.165) is 12.1 Å². The predicted octanol–water partition coefficient (Wildman–Crippen LogP) is 3.12. The first-order valence-electron chi connectivity index (χ1n) is 9.36. The molecule has 1 fully saturated rings. The topological polar surface area (TPSA) is 109 Å². The lowest BCUT2D eigenvalue weighted by molar-refractivity contribution is -0.137. The fraction of sp³-hybridized carbons (Fsp3) is 0.300. The second-order valence-electron chi connectivity index (χ2n) is 7.26. The van der Waals surface area contributed by atoms with Crippen molar-refractivity contribution in [2.45, 2.75) is 37.4 Å². The number of hydrogen-bond acceptors (Lipinski definition) is 6. The summed E-state index contributed by atoms with van der Waals surface area (Å²) in [7, 11) is 0. The molecule has 31 heavy (non-hydrogen) atoms. The van der Waals surface area contributed by atoms with Crippen LogP contribution in [-0.2, 0) is 11.6 Å². The van der Waals surface area contributed by atoms with Crippen molar-refractivity contribution in [2.24, 2.45) is 0 Å². The maximum atomic E-state index is 13.4. The van der Waals surface area contributed by atoms with Crippen LogP contribution < -0.4 is 5.32 Å².